The minimum absolute atomic E-state index is 0.320. The first-order valence-corrected chi connectivity index (χ1v) is 7.01. The molecule has 0 aliphatic rings. The molecule has 0 aliphatic carbocycles. The van der Waals surface area contributed by atoms with E-state index in [1.54, 1.807) is 18.2 Å². The predicted molar refractivity (Wildman–Crippen MR) is 77.0 cm³/mol. The number of aromatic nitrogens is 1. The lowest BCUT2D eigenvalue weighted by Gasteiger charge is -2.02. The van der Waals surface area contributed by atoms with Gasteiger partial charge in [0.1, 0.15) is 11.6 Å². The molecule has 2 nitrogen and oxygen atoms in total. The van der Waals surface area contributed by atoms with E-state index >= 15 is 0 Å². The molecule has 0 saturated carbocycles. The van der Waals surface area contributed by atoms with E-state index in [1.807, 2.05) is 0 Å². The van der Waals surface area contributed by atoms with Gasteiger partial charge in [0.25, 0.3) is 0 Å². The van der Waals surface area contributed by atoms with Crippen molar-refractivity contribution in [3.8, 4) is 0 Å². The quantitative estimate of drug-likeness (QED) is 0.703. The van der Waals surface area contributed by atoms with Gasteiger partial charge in [0, 0.05) is 11.8 Å². The van der Waals surface area contributed by atoms with E-state index in [0.717, 1.165) is 4.70 Å². The maximum Gasteiger partial charge on any atom is 0.188 e. The molecule has 1 N–H and O–H groups in total. The van der Waals surface area contributed by atoms with E-state index in [0.29, 0.717) is 20.8 Å². The first-order chi connectivity index (χ1) is 9.11. The first-order valence-electron chi connectivity index (χ1n) is 5.40. The van der Waals surface area contributed by atoms with Crippen LogP contribution >= 0.6 is 27.3 Å². The minimum atomic E-state index is -0.350. The molecule has 0 radical (unpaired) electrons. The van der Waals surface area contributed by atoms with Crippen LogP contribution in [0.3, 0.4) is 0 Å². The number of fused-ring (bicyclic) bond motifs is 1. The van der Waals surface area contributed by atoms with Crippen molar-refractivity contribution in [3.63, 3.8) is 0 Å². The monoisotopic (exact) mass is 340 g/mol. The van der Waals surface area contributed by atoms with Crippen molar-refractivity contribution < 1.29 is 8.78 Å². The van der Waals surface area contributed by atoms with Crippen molar-refractivity contribution in [2.45, 2.75) is 0 Å². The van der Waals surface area contributed by atoms with Gasteiger partial charge >= 0.3 is 0 Å². The fraction of sp³-hybridized carbons (Fsp3) is 0. The largest absolute Gasteiger partial charge is 0.331 e. The Morgan fingerprint density at radius 2 is 1.95 bits per heavy atom. The maximum absolute atomic E-state index is 13.4. The van der Waals surface area contributed by atoms with Crippen LogP contribution < -0.4 is 5.32 Å². The Hall–Kier alpha value is -1.53. The molecule has 0 spiro atoms. The van der Waals surface area contributed by atoms with Crippen molar-refractivity contribution >= 4 is 48.3 Å². The third-order valence-corrected chi connectivity index (χ3v) is 4.12. The Morgan fingerprint density at radius 3 is 2.74 bits per heavy atom. The van der Waals surface area contributed by atoms with Crippen molar-refractivity contribution in [1.82, 2.24) is 4.98 Å². The van der Waals surface area contributed by atoms with E-state index in [1.165, 1.54) is 29.5 Å². The summed E-state index contributed by atoms with van der Waals surface area (Å²) in [5.74, 6) is -0.670. The number of thiazole rings is 1. The van der Waals surface area contributed by atoms with Gasteiger partial charge in [-0.25, -0.2) is 13.8 Å². The number of anilines is 2. The Morgan fingerprint density at radius 1 is 1.11 bits per heavy atom. The normalized spacial score (nSPS) is 10.9. The zero-order valence-corrected chi connectivity index (χ0v) is 11.9. The fourth-order valence-electron chi connectivity index (χ4n) is 1.65. The molecule has 0 saturated heterocycles. The highest BCUT2D eigenvalue weighted by Crippen LogP contribution is 2.29. The Labute approximate surface area is 120 Å². The predicted octanol–water partition coefficient (Wildman–Crippen LogP) is 5.08. The second kappa shape index (κ2) is 4.86. The smallest absolute Gasteiger partial charge is 0.188 e. The molecule has 0 fully saturated rings. The van der Waals surface area contributed by atoms with Crippen LogP contribution in [0.2, 0.25) is 0 Å². The lowest BCUT2D eigenvalue weighted by atomic mass is 10.3. The van der Waals surface area contributed by atoms with Gasteiger partial charge in [0.15, 0.2) is 5.13 Å². The standard InChI is InChI=1S/C13H7BrF2N2S/c14-9-3-2-8(6-10(9)16)17-13-18-11-5-7(15)1-4-12(11)19-13/h1-6H,(H,17,18). The lowest BCUT2D eigenvalue weighted by Crippen LogP contribution is -1.90. The van der Waals surface area contributed by atoms with E-state index in [-0.39, 0.29) is 11.6 Å². The van der Waals surface area contributed by atoms with Gasteiger partial charge in [-0.3, -0.25) is 0 Å². The summed E-state index contributed by atoms with van der Waals surface area (Å²) in [6.45, 7) is 0. The topological polar surface area (TPSA) is 24.9 Å². The summed E-state index contributed by atoms with van der Waals surface area (Å²) >= 11 is 4.48. The van der Waals surface area contributed by atoms with Gasteiger partial charge in [-0.05, 0) is 46.3 Å². The molecule has 3 aromatic rings. The number of halogens is 3. The van der Waals surface area contributed by atoms with E-state index in [4.69, 9.17) is 0 Å². The van der Waals surface area contributed by atoms with Crippen LogP contribution in [-0.4, -0.2) is 4.98 Å². The van der Waals surface area contributed by atoms with E-state index in [9.17, 15) is 8.78 Å². The first kappa shape index (κ1) is 12.5. The average Bonchev–Trinajstić information content (AvgIpc) is 2.75. The molecule has 19 heavy (non-hydrogen) atoms. The number of rotatable bonds is 2. The van der Waals surface area contributed by atoms with Crippen LogP contribution in [0.4, 0.5) is 19.6 Å². The van der Waals surface area contributed by atoms with Gasteiger partial charge < -0.3 is 5.32 Å². The molecular formula is C13H7BrF2N2S. The van der Waals surface area contributed by atoms with Crippen LogP contribution in [0.25, 0.3) is 10.2 Å². The third-order valence-electron chi connectivity index (χ3n) is 2.52. The summed E-state index contributed by atoms with van der Waals surface area (Å²) in [4.78, 5) is 4.25. The highest BCUT2D eigenvalue weighted by atomic mass is 79.9. The maximum atomic E-state index is 13.4. The summed E-state index contributed by atoms with van der Waals surface area (Å²) in [7, 11) is 0. The summed E-state index contributed by atoms with van der Waals surface area (Å²) in [5.41, 5.74) is 1.19. The summed E-state index contributed by atoms with van der Waals surface area (Å²) in [5, 5.41) is 3.60. The molecule has 1 heterocycles. The molecular weight excluding hydrogens is 334 g/mol. The fourth-order valence-corrected chi connectivity index (χ4v) is 2.76. The molecule has 0 amide bonds. The van der Waals surface area contributed by atoms with Crippen LogP contribution in [0.15, 0.2) is 40.9 Å². The molecule has 0 bridgehead atoms. The molecule has 0 aliphatic heterocycles. The second-order valence-corrected chi connectivity index (χ2v) is 5.77. The summed E-state index contributed by atoms with van der Waals surface area (Å²) in [6, 6.07) is 9.17. The van der Waals surface area contributed by atoms with Crippen LogP contribution in [0.5, 0.6) is 0 Å². The van der Waals surface area contributed by atoms with Gasteiger partial charge in [-0.1, -0.05) is 11.3 Å². The zero-order valence-electron chi connectivity index (χ0n) is 9.45. The third kappa shape index (κ3) is 2.59. The average molecular weight is 341 g/mol. The molecule has 6 heteroatoms. The molecule has 1 aromatic heterocycles. The summed E-state index contributed by atoms with van der Waals surface area (Å²) in [6.07, 6.45) is 0. The van der Waals surface area contributed by atoms with E-state index in [2.05, 4.69) is 26.2 Å². The van der Waals surface area contributed by atoms with Gasteiger partial charge in [0.2, 0.25) is 0 Å². The highest BCUT2D eigenvalue weighted by Gasteiger charge is 2.06. The van der Waals surface area contributed by atoms with Crippen molar-refractivity contribution in [2.24, 2.45) is 0 Å². The number of hydrogen-bond donors (Lipinski definition) is 1. The van der Waals surface area contributed by atoms with Gasteiger partial charge in [-0.2, -0.15) is 0 Å². The van der Waals surface area contributed by atoms with Crippen molar-refractivity contribution in [1.29, 1.82) is 0 Å². The number of hydrogen-bond acceptors (Lipinski definition) is 3. The van der Waals surface area contributed by atoms with Crippen molar-refractivity contribution in [2.75, 3.05) is 5.32 Å². The number of nitrogens with one attached hydrogen (secondary N) is 1. The Bertz CT molecular complexity index is 757. The zero-order chi connectivity index (χ0) is 13.4. The molecule has 2 aromatic carbocycles. The van der Waals surface area contributed by atoms with Crippen LogP contribution in [-0.2, 0) is 0 Å². The van der Waals surface area contributed by atoms with Crippen molar-refractivity contribution in [3.05, 3.63) is 52.5 Å². The highest BCUT2D eigenvalue weighted by molar-refractivity contribution is 9.10. The summed E-state index contributed by atoms with van der Waals surface area (Å²) < 4.78 is 27.7. The van der Waals surface area contributed by atoms with Crippen LogP contribution in [0.1, 0.15) is 0 Å². The SMILES string of the molecule is Fc1ccc2sc(Nc3ccc(Br)c(F)c3)nc2c1. The van der Waals surface area contributed by atoms with Crippen LogP contribution in [0, 0.1) is 11.6 Å². The van der Waals surface area contributed by atoms with E-state index < -0.39 is 0 Å². The number of benzene rings is 2. The lowest BCUT2D eigenvalue weighted by molar-refractivity contribution is 0.622. The Balaban J connectivity index is 1.94. The number of nitrogens with zero attached hydrogens (tertiary/aromatic N) is 1. The molecule has 0 unspecified atom stereocenters. The second-order valence-electron chi connectivity index (χ2n) is 3.88. The van der Waals surface area contributed by atoms with Gasteiger partial charge in [-0.15, -0.1) is 0 Å². The Kier molecular flexibility index (Phi) is 3.20. The van der Waals surface area contributed by atoms with Gasteiger partial charge in [0.05, 0.1) is 14.7 Å². The molecule has 0 atom stereocenters. The molecule has 3 rings (SSSR count). The molecule has 96 valence electrons. The minimum Gasteiger partial charge on any atom is -0.331 e.